The Morgan fingerprint density at radius 3 is 2.67 bits per heavy atom. The molecule has 0 saturated carbocycles. The SMILES string of the molecule is CCN(CCOC)c1ccc(CC(C)N)cc1Br. The minimum Gasteiger partial charge on any atom is -0.383 e. The zero-order chi connectivity index (χ0) is 13.5. The summed E-state index contributed by atoms with van der Waals surface area (Å²) < 4.78 is 6.26. The molecule has 1 atom stereocenters. The number of rotatable bonds is 7. The van der Waals surface area contributed by atoms with Crippen LogP contribution in [0.2, 0.25) is 0 Å². The lowest BCUT2D eigenvalue weighted by Gasteiger charge is -2.24. The van der Waals surface area contributed by atoms with E-state index >= 15 is 0 Å². The average Bonchev–Trinajstić information content (AvgIpc) is 2.31. The van der Waals surface area contributed by atoms with Gasteiger partial charge in [-0.3, -0.25) is 0 Å². The summed E-state index contributed by atoms with van der Waals surface area (Å²) in [6.07, 6.45) is 0.906. The number of methoxy groups -OCH3 is 1. The highest BCUT2D eigenvalue weighted by Gasteiger charge is 2.09. The van der Waals surface area contributed by atoms with E-state index in [1.165, 1.54) is 11.3 Å². The summed E-state index contributed by atoms with van der Waals surface area (Å²) in [5.41, 5.74) is 8.30. The molecule has 0 spiro atoms. The molecule has 0 aliphatic rings. The number of halogens is 1. The van der Waals surface area contributed by atoms with Crippen LogP contribution in [-0.4, -0.2) is 32.8 Å². The molecule has 0 aromatic heterocycles. The van der Waals surface area contributed by atoms with Crippen molar-refractivity contribution in [2.45, 2.75) is 26.3 Å². The van der Waals surface area contributed by atoms with E-state index in [2.05, 4.69) is 46.0 Å². The molecule has 0 radical (unpaired) electrons. The van der Waals surface area contributed by atoms with E-state index in [0.29, 0.717) is 0 Å². The van der Waals surface area contributed by atoms with Crippen LogP contribution in [0.3, 0.4) is 0 Å². The first-order valence-corrected chi connectivity index (χ1v) is 7.15. The molecule has 0 saturated heterocycles. The molecule has 0 heterocycles. The Morgan fingerprint density at radius 2 is 2.17 bits per heavy atom. The summed E-state index contributed by atoms with van der Waals surface area (Å²) in [6, 6.07) is 6.66. The van der Waals surface area contributed by atoms with Gasteiger partial charge in [0.05, 0.1) is 12.3 Å². The molecule has 2 N–H and O–H groups in total. The Hall–Kier alpha value is -0.580. The average molecular weight is 315 g/mol. The Balaban J connectivity index is 2.82. The van der Waals surface area contributed by atoms with Crippen LogP contribution >= 0.6 is 15.9 Å². The number of ether oxygens (including phenoxy) is 1. The van der Waals surface area contributed by atoms with Gasteiger partial charge in [-0.15, -0.1) is 0 Å². The minimum atomic E-state index is 0.193. The quantitative estimate of drug-likeness (QED) is 0.841. The van der Waals surface area contributed by atoms with E-state index in [1.807, 2.05) is 6.92 Å². The number of benzene rings is 1. The van der Waals surface area contributed by atoms with Crippen LogP contribution in [-0.2, 0) is 11.2 Å². The molecule has 0 aliphatic carbocycles. The van der Waals surface area contributed by atoms with E-state index in [1.54, 1.807) is 7.11 Å². The lowest BCUT2D eigenvalue weighted by Crippen LogP contribution is -2.27. The van der Waals surface area contributed by atoms with Gasteiger partial charge in [0.25, 0.3) is 0 Å². The molecule has 1 aromatic rings. The summed E-state index contributed by atoms with van der Waals surface area (Å²) >= 11 is 3.65. The van der Waals surface area contributed by atoms with Gasteiger partial charge in [0.15, 0.2) is 0 Å². The van der Waals surface area contributed by atoms with Crippen molar-refractivity contribution in [2.24, 2.45) is 5.73 Å². The highest BCUT2D eigenvalue weighted by molar-refractivity contribution is 9.10. The summed E-state index contributed by atoms with van der Waals surface area (Å²) in [5.74, 6) is 0. The van der Waals surface area contributed by atoms with Gasteiger partial charge in [0.2, 0.25) is 0 Å². The van der Waals surface area contributed by atoms with Gasteiger partial charge in [0.1, 0.15) is 0 Å². The van der Waals surface area contributed by atoms with Crippen molar-refractivity contribution >= 4 is 21.6 Å². The van der Waals surface area contributed by atoms with Crippen LogP contribution in [0, 0.1) is 0 Å². The van der Waals surface area contributed by atoms with Gasteiger partial charge >= 0.3 is 0 Å². The van der Waals surface area contributed by atoms with Crippen LogP contribution in [0.4, 0.5) is 5.69 Å². The molecule has 1 aromatic carbocycles. The topological polar surface area (TPSA) is 38.5 Å². The largest absolute Gasteiger partial charge is 0.383 e. The second-order valence-corrected chi connectivity index (χ2v) is 5.39. The molecule has 1 rings (SSSR count). The third-order valence-electron chi connectivity index (χ3n) is 2.86. The van der Waals surface area contributed by atoms with Crippen molar-refractivity contribution in [1.82, 2.24) is 0 Å². The lowest BCUT2D eigenvalue weighted by atomic mass is 10.1. The predicted octanol–water partition coefficient (Wildman–Crippen LogP) is 2.81. The zero-order valence-corrected chi connectivity index (χ0v) is 13.0. The summed E-state index contributed by atoms with van der Waals surface area (Å²) in [4.78, 5) is 2.29. The molecular weight excluding hydrogens is 292 g/mol. The van der Waals surface area contributed by atoms with Crippen molar-refractivity contribution < 1.29 is 4.74 Å². The number of hydrogen-bond donors (Lipinski definition) is 1. The minimum absolute atomic E-state index is 0.193. The first kappa shape index (κ1) is 15.5. The number of anilines is 1. The number of likely N-dealkylation sites (N-methyl/N-ethyl adjacent to an activating group) is 1. The molecule has 102 valence electrons. The molecule has 3 nitrogen and oxygen atoms in total. The maximum absolute atomic E-state index is 5.82. The maximum Gasteiger partial charge on any atom is 0.0637 e. The van der Waals surface area contributed by atoms with Crippen LogP contribution in [0.15, 0.2) is 22.7 Å². The fraction of sp³-hybridized carbons (Fsp3) is 0.571. The normalized spacial score (nSPS) is 12.5. The zero-order valence-electron chi connectivity index (χ0n) is 11.4. The fourth-order valence-electron chi connectivity index (χ4n) is 1.96. The van der Waals surface area contributed by atoms with E-state index in [-0.39, 0.29) is 6.04 Å². The fourth-order valence-corrected chi connectivity index (χ4v) is 2.63. The van der Waals surface area contributed by atoms with Crippen LogP contribution in [0.25, 0.3) is 0 Å². The van der Waals surface area contributed by atoms with E-state index in [4.69, 9.17) is 10.5 Å². The maximum atomic E-state index is 5.82. The first-order valence-electron chi connectivity index (χ1n) is 6.36. The van der Waals surface area contributed by atoms with Gasteiger partial charge in [-0.2, -0.15) is 0 Å². The number of nitrogens with two attached hydrogens (primary N) is 1. The van der Waals surface area contributed by atoms with Crippen LogP contribution < -0.4 is 10.6 Å². The Bertz CT molecular complexity index is 369. The molecule has 0 bridgehead atoms. The second-order valence-electron chi connectivity index (χ2n) is 4.54. The summed E-state index contributed by atoms with van der Waals surface area (Å²) in [7, 11) is 1.73. The summed E-state index contributed by atoms with van der Waals surface area (Å²) in [5, 5.41) is 0. The highest BCUT2D eigenvalue weighted by atomic mass is 79.9. The Labute approximate surface area is 118 Å². The van der Waals surface area contributed by atoms with Gasteiger partial charge in [0, 0.05) is 30.7 Å². The van der Waals surface area contributed by atoms with Crippen molar-refractivity contribution in [3.8, 4) is 0 Å². The smallest absolute Gasteiger partial charge is 0.0637 e. The van der Waals surface area contributed by atoms with Gasteiger partial charge in [-0.25, -0.2) is 0 Å². The van der Waals surface area contributed by atoms with Crippen molar-refractivity contribution in [2.75, 3.05) is 31.7 Å². The molecule has 0 fully saturated rings. The second kappa shape index (κ2) is 7.77. The van der Waals surface area contributed by atoms with E-state index in [0.717, 1.165) is 30.6 Å². The van der Waals surface area contributed by atoms with Crippen molar-refractivity contribution in [3.05, 3.63) is 28.2 Å². The van der Waals surface area contributed by atoms with Gasteiger partial charge < -0.3 is 15.4 Å². The molecule has 4 heteroatoms. The number of nitrogens with zero attached hydrogens (tertiary/aromatic N) is 1. The standard InChI is InChI=1S/C14H23BrN2O/c1-4-17(7-8-18-3)14-6-5-12(9-11(2)16)10-13(14)15/h5-6,10-11H,4,7-9,16H2,1-3H3. The van der Waals surface area contributed by atoms with Crippen molar-refractivity contribution in [3.63, 3.8) is 0 Å². The molecular formula is C14H23BrN2O. The Morgan fingerprint density at radius 1 is 1.44 bits per heavy atom. The molecule has 1 unspecified atom stereocenters. The lowest BCUT2D eigenvalue weighted by molar-refractivity contribution is 0.205. The first-order chi connectivity index (χ1) is 8.58. The van der Waals surface area contributed by atoms with Crippen molar-refractivity contribution in [1.29, 1.82) is 0 Å². The molecule has 0 aliphatic heterocycles. The van der Waals surface area contributed by atoms with Crippen LogP contribution in [0.1, 0.15) is 19.4 Å². The predicted molar refractivity (Wildman–Crippen MR) is 81.3 cm³/mol. The van der Waals surface area contributed by atoms with Gasteiger partial charge in [-0.1, -0.05) is 6.07 Å². The monoisotopic (exact) mass is 314 g/mol. The Kier molecular flexibility index (Phi) is 6.68. The highest BCUT2D eigenvalue weighted by Crippen LogP contribution is 2.27. The van der Waals surface area contributed by atoms with E-state index < -0.39 is 0 Å². The molecule has 0 amide bonds. The van der Waals surface area contributed by atoms with E-state index in [9.17, 15) is 0 Å². The third-order valence-corrected chi connectivity index (χ3v) is 3.49. The van der Waals surface area contributed by atoms with Crippen LogP contribution in [0.5, 0.6) is 0 Å². The molecule has 18 heavy (non-hydrogen) atoms. The summed E-state index contributed by atoms with van der Waals surface area (Å²) in [6.45, 7) is 6.78. The van der Waals surface area contributed by atoms with Gasteiger partial charge in [-0.05, 0) is 53.9 Å². The number of hydrogen-bond acceptors (Lipinski definition) is 3. The third kappa shape index (κ3) is 4.59.